The smallest absolute Gasteiger partial charge is 0.195 e. The van der Waals surface area contributed by atoms with Gasteiger partial charge in [0.05, 0.1) is 0 Å². The van der Waals surface area contributed by atoms with E-state index in [1.54, 1.807) is 0 Å². The molecule has 3 rings (SSSR count). The molecule has 0 saturated heterocycles. The van der Waals surface area contributed by atoms with Crippen molar-refractivity contribution in [2.45, 2.75) is 0 Å². The topological polar surface area (TPSA) is 3.88 Å². The Hall–Kier alpha value is -1.10. The minimum Gasteiger partial charge on any atom is -0.195 e. The van der Waals surface area contributed by atoms with Crippen molar-refractivity contribution >= 4 is 70.2 Å². The van der Waals surface area contributed by atoms with Gasteiger partial charge in [0.25, 0.3) is 0 Å². The molecule has 4 heteroatoms. The molecule has 0 spiro atoms. The van der Waals surface area contributed by atoms with Crippen LogP contribution in [0.1, 0.15) is 11.3 Å². The van der Waals surface area contributed by atoms with Gasteiger partial charge in [-0.2, -0.15) is 4.57 Å². The lowest BCUT2D eigenvalue weighted by molar-refractivity contribution is -0.646. The second kappa shape index (κ2) is 7.44. The van der Waals surface area contributed by atoms with Crippen LogP contribution in [0.25, 0.3) is 23.1 Å². The second-order valence-electron chi connectivity index (χ2n) is 4.84. The van der Waals surface area contributed by atoms with E-state index in [2.05, 4.69) is 35.9 Å². The van der Waals surface area contributed by atoms with Crippen molar-refractivity contribution in [2.75, 3.05) is 0 Å². The molecule has 2 aromatic carbocycles. The summed E-state index contributed by atoms with van der Waals surface area (Å²) in [7, 11) is 2.05. The van der Waals surface area contributed by atoms with Crippen LogP contribution in [-0.2, 0) is 7.05 Å². The maximum absolute atomic E-state index is 6.19. The first-order chi connectivity index (χ1) is 10.2. The Kier molecular flexibility index (Phi) is 5.84. The standard InChI is InChI=1S/C18H14Cl2N.HI/c1-21-14(10-9-13-5-2-3-8-18(13)21)11-12-15-16(19)6-4-7-17(15)20;/h2-12H,1H3;1H/q+1;. The molecule has 0 atom stereocenters. The van der Waals surface area contributed by atoms with E-state index < -0.39 is 0 Å². The van der Waals surface area contributed by atoms with E-state index in [1.165, 1.54) is 10.9 Å². The van der Waals surface area contributed by atoms with E-state index in [1.807, 2.05) is 42.5 Å². The highest BCUT2D eigenvalue weighted by atomic mass is 127. The molecule has 112 valence electrons. The summed E-state index contributed by atoms with van der Waals surface area (Å²) < 4.78 is 2.15. The fraction of sp³-hybridized carbons (Fsp3) is 0.0556. The summed E-state index contributed by atoms with van der Waals surface area (Å²) in [5.41, 5.74) is 3.11. The third kappa shape index (κ3) is 3.45. The lowest BCUT2D eigenvalue weighted by atomic mass is 10.1. The third-order valence-corrected chi connectivity index (χ3v) is 4.20. The number of para-hydroxylation sites is 1. The van der Waals surface area contributed by atoms with Crippen LogP contribution in [-0.4, -0.2) is 0 Å². The molecule has 1 nitrogen and oxygen atoms in total. The van der Waals surface area contributed by atoms with Gasteiger partial charge in [0.15, 0.2) is 0 Å². The molecular formula is C18H15Cl2IN+. The number of hydrogen-bond acceptors (Lipinski definition) is 0. The number of aromatic nitrogens is 1. The van der Waals surface area contributed by atoms with Gasteiger partial charge in [0.1, 0.15) is 7.05 Å². The molecule has 0 saturated carbocycles. The highest BCUT2D eigenvalue weighted by molar-refractivity contribution is 14.0. The summed E-state index contributed by atoms with van der Waals surface area (Å²) in [6.45, 7) is 0. The summed E-state index contributed by atoms with van der Waals surface area (Å²) in [5, 5.41) is 2.53. The van der Waals surface area contributed by atoms with Crippen molar-refractivity contribution in [1.82, 2.24) is 0 Å². The summed E-state index contributed by atoms with van der Waals surface area (Å²) in [6, 6.07) is 18.0. The molecule has 0 N–H and O–H groups in total. The van der Waals surface area contributed by atoms with E-state index >= 15 is 0 Å². The molecule has 0 fully saturated rings. The first-order valence-electron chi connectivity index (χ1n) is 6.67. The average Bonchev–Trinajstić information content (AvgIpc) is 2.49. The van der Waals surface area contributed by atoms with Crippen LogP contribution in [0.4, 0.5) is 0 Å². The number of aryl methyl sites for hydroxylation is 1. The fourth-order valence-corrected chi connectivity index (χ4v) is 2.89. The SMILES string of the molecule is C[n+]1c(C=Cc2c(Cl)cccc2Cl)ccc2ccccc21.I. The van der Waals surface area contributed by atoms with E-state index in [0.29, 0.717) is 10.0 Å². The summed E-state index contributed by atoms with van der Waals surface area (Å²) in [6.07, 6.45) is 3.98. The second-order valence-corrected chi connectivity index (χ2v) is 5.66. The molecule has 22 heavy (non-hydrogen) atoms. The Morgan fingerprint density at radius 3 is 2.23 bits per heavy atom. The zero-order valence-corrected chi connectivity index (χ0v) is 15.8. The summed E-state index contributed by atoms with van der Waals surface area (Å²) in [5.74, 6) is 0. The molecule has 0 unspecified atom stereocenters. The van der Waals surface area contributed by atoms with Crippen LogP contribution in [0.2, 0.25) is 10.0 Å². The number of hydrogen-bond donors (Lipinski definition) is 0. The Balaban J connectivity index is 0.00000176. The van der Waals surface area contributed by atoms with Gasteiger partial charge in [0.2, 0.25) is 11.2 Å². The average molecular weight is 443 g/mol. The van der Waals surface area contributed by atoms with Crippen LogP contribution < -0.4 is 4.57 Å². The van der Waals surface area contributed by atoms with Crippen LogP contribution >= 0.6 is 47.2 Å². The van der Waals surface area contributed by atoms with E-state index in [-0.39, 0.29) is 24.0 Å². The van der Waals surface area contributed by atoms with E-state index in [4.69, 9.17) is 23.2 Å². The molecule has 0 aliphatic heterocycles. The van der Waals surface area contributed by atoms with Gasteiger partial charge >= 0.3 is 0 Å². The third-order valence-electron chi connectivity index (χ3n) is 3.54. The van der Waals surface area contributed by atoms with Crippen LogP contribution in [0.5, 0.6) is 0 Å². The van der Waals surface area contributed by atoms with E-state index in [0.717, 1.165) is 11.3 Å². The molecule has 0 bridgehead atoms. The van der Waals surface area contributed by atoms with Gasteiger partial charge in [-0.15, -0.1) is 24.0 Å². The molecule has 1 aromatic heterocycles. The Labute approximate surface area is 157 Å². The first-order valence-corrected chi connectivity index (χ1v) is 7.42. The van der Waals surface area contributed by atoms with Gasteiger partial charge in [-0.1, -0.05) is 41.4 Å². The van der Waals surface area contributed by atoms with Crippen molar-refractivity contribution in [2.24, 2.45) is 7.05 Å². The molecule has 0 radical (unpaired) electrons. The zero-order chi connectivity index (χ0) is 14.8. The summed E-state index contributed by atoms with van der Waals surface area (Å²) >= 11 is 12.4. The molecule has 0 aliphatic rings. The van der Waals surface area contributed by atoms with Gasteiger partial charge in [-0.25, -0.2) is 0 Å². The normalized spacial score (nSPS) is 10.9. The predicted molar refractivity (Wildman–Crippen MR) is 106 cm³/mol. The fourth-order valence-electron chi connectivity index (χ4n) is 2.37. The molecule has 1 heterocycles. The van der Waals surface area contributed by atoms with Gasteiger partial charge in [0, 0.05) is 39.2 Å². The lowest BCUT2D eigenvalue weighted by Gasteiger charge is -2.02. The van der Waals surface area contributed by atoms with E-state index in [9.17, 15) is 0 Å². The molecule has 3 aromatic rings. The first kappa shape index (κ1) is 17.3. The number of halogens is 3. The van der Waals surface area contributed by atoms with Gasteiger partial charge < -0.3 is 0 Å². The number of pyridine rings is 1. The van der Waals surface area contributed by atoms with Crippen molar-refractivity contribution in [3.63, 3.8) is 0 Å². The lowest BCUT2D eigenvalue weighted by Crippen LogP contribution is -2.32. The Bertz CT molecular complexity index is 823. The summed E-state index contributed by atoms with van der Waals surface area (Å²) in [4.78, 5) is 0. The Morgan fingerprint density at radius 1 is 0.818 bits per heavy atom. The van der Waals surface area contributed by atoms with Crippen molar-refractivity contribution < 1.29 is 4.57 Å². The quantitative estimate of drug-likeness (QED) is 0.351. The number of fused-ring (bicyclic) bond motifs is 1. The zero-order valence-electron chi connectivity index (χ0n) is 12.0. The maximum Gasteiger partial charge on any atom is 0.212 e. The van der Waals surface area contributed by atoms with Crippen molar-refractivity contribution in [3.05, 3.63) is 75.9 Å². The number of benzene rings is 2. The highest BCUT2D eigenvalue weighted by Crippen LogP contribution is 2.26. The van der Waals surface area contributed by atoms with Crippen LogP contribution in [0, 0.1) is 0 Å². The minimum absolute atomic E-state index is 0. The van der Waals surface area contributed by atoms with Gasteiger partial charge in [-0.05, 0) is 30.3 Å². The minimum atomic E-state index is 0. The van der Waals surface area contributed by atoms with Crippen LogP contribution in [0.3, 0.4) is 0 Å². The van der Waals surface area contributed by atoms with Crippen LogP contribution in [0.15, 0.2) is 54.6 Å². The Morgan fingerprint density at radius 2 is 1.50 bits per heavy atom. The maximum atomic E-state index is 6.19. The molecule has 0 amide bonds. The van der Waals surface area contributed by atoms with Crippen molar-refractivity contribution in [3.8, 4) is 0 Å². The largest absolute Gasteiger partial charge is 0.212 e. The molecule has 0 aliphatic carbocycles. The number of nitrogens with zero attached hydrogens (tertiary/aromatic N) is 1. The van der Waals surface area contributed by atoms with Gasteiger partial charge in [-0.3, -0.25) is 0 Å². The monoisotopic (exact) mass is 442 g/mol. The van der Waals surface area contributed by atoms with Crippen molar-refractivity contribution in [1.29, 1.82) is 0 Å². The predicted octanol–water partition coefficient (Wildman–Crippen LogP) is 5.76. The number of rotatable bonds is 2. The highest BCUT2D eigenvalue weighted by Gasteiger charge is 2.09. The molecular weight excluding hydrogens is 428 g/mol.